The second-order valence-electron chi connectivity index (χ2n) is 6.48. The number of hydrogen-bond acceptors (Lipinski definition) is 5. The third-order valence-corrected chi connectivity index (χ3v) is 4.72. The number of esters is 1. The van der Waals surface area contributed by atoms with Gasteiger partial charge in [-0.2, -0.15) is 0 Å². The minimum Gasteiger partial charge on any atom is -0.493 e. The van der Waals surface area contributed by atoms with E-state index in [2.05, 4.69) is 5.32 Å². The van der Waals surface area contributed by atoms with Crippen LogP contribution in [0.15, 0.2) is 59.8 Å². The van der Waals surface area contributed by atoms with Crippen LogP contribution in [0.5, 0.6) is 11.5 Å². The molecule has 1 aliphatic rings. The molecule has 0 saturated carbocycles. The largest absolute Gasteiger partial charge is 0.493 e. The van der Waals surface area contributed by atoms with Crippen molar-refractivity contribution < 1.29 is 28.2 Å². The predicted molar refractivity (Wildman–Crippen MR) is 108 cm³/mol. The van der Waals surface area contributed by atoms with Gasteiger partial charge in [0.25, 0.3) is 0 Å². The summed E-state index contributed by atoms with van der Waals surface area (Å²) in [6, 6.07) is 11.5. The molecule has 1 unspecified atom stereocenters. The van der Waals surface area contributed by atoms with Crippen LogP contribution in [0.1, 0.15) is 18.5 Å². The van der Waals surface area contributed by atoms with Gasteiger partial charge in [-0.25, -0.2) is 14.0 Å². The number of nitrogens with zero attached hydrogens (tertiary/aromatic N) is 1. The van der Waals surface area contributed by atoms with Crippen molar-refractivity contribution in [2.24, 2.45) is 0 Å². The van der Waals surface area contributed by atoms with Gasteiger partial charge in [0.2, 0.25) is 0 Å². The maximum Gasteiger partial charge on any atom is 0.338 e. The number of rotatable bonds is 7. The molecule has 1 atom stereocenters. The van der Waals surface area contributed by atoms with Crippen molar-refractivity contribution >= 4 is 12.0 Å². The number of benzene rings is 2. The van der Waals surface area contributed by atoms with Crippen molar-refractivity contribution in [2.45, 2.75) is 13.0 Å². The quantitative estimate of drug-likeness (QED) is 0.703. The number of carbonyl (C=O) groups excluding carboxylic acids is 2. The highest BCUT2D eigenvalue weighted by atomic mass is 19.1. The Labute approximate surface area is 174 Å². The first-order valence-electron chi connectivity index (χ1n) is 9.42. The summed E-state index contributed by atoms with van der Waals surface area (Å²) in [4.78, 5) is 26.7. The number of ether oxygens (including phenoxy) is 3. The molecule has 0 saturated heterocycles. The highest BCUT2D eigenvalue weighted by Crippen LogP contribution is 2.33. The van der Waals surface area contributed by atoms with Gasteiger partial charge in [-0.1, -0.05) is 30.3 Å². The molecule has 1 N–H and O–H groups in total. The van der Waals surface area contributed by atoms with Gasteiger partial charge in [0.1, 0.15) is 12.4 Å². The summed E-state index contributed by atoms with van der Waals surface area (Å²) < 4.78 is 30.8. The number of carbonyl (C=O) groups is 2. The third kappa shape index (κ3) is 4.22. The summed E-state index contributed by atoms with van der Waals surface area (Å²) in [5.41, 5.74) is 0.548. The van der Waals surface area contributed by atoms with Gasteiger partial charge < -0.3 is 19.5 Å². The summed E-state index contributed by atoms with van der Waals surface area (Å²) in [7, 11) is 3.02. The van der Waals surface area contributed by atoms with Gasteiger partial charge >= 0.3 is 12.0 Å². The number of hydrogen-bond donors (Lipinski definition) is 1. The molecule has 3 rings (SSSR count). The number of para-hydroxylation sites is 2. The van der Waals surface area contributed by atoms with E-state index >= 15 is 0 Å². The normalized spacial score (nSPS) is 16.2. The van der Waals surface area contributed by atoms with Crippen molar-refractivity contribution in [1.82, 2.24) is 10.2 Å². The number of methoxy groups -OCH3 is 1. The average Bonchev–Trinajstić information content (AvgIpc) is 2.75. The van der Waals surface area contributed by atoms with Crippen LogP contribution >= 0.6 is 0 Å². The summed E-state index contributed by atoms with van der Waals surface area (Å²) in [5.74, 6) is -0.253. The van der Waals surface area contributed by atoms with Crippen LogP contribution in [-0.4, -0.2) is 44.3 Å². The van der Waals surface area contributed by atoms with E-state index in [4.69, 9.17) is 14.2 Å². The first-order valence-corrected chi connectivity index (χ1v) is 9.42. The molecule has 158 valence electrons. The molecule has 1 aliphatic heterocycles. The van der Waals surface area contributed by atoms with Crippen LogP contribution < -0.4 is 14.8 Å². The van der Waals surface area contributed by atoms with Crippen LogP contribution in [0.3, 0.4) is 0 Å². The van der Waals surface area contributed by atoms with E-state index < -0.39 is 23.9 Å². The van der Waals surface area contributed by atoms with Crippen molar-refractivity contribution in [1.29, 1.82) is 0 Å². The number of urea groups is 1. The average molecular weight is 414 g/mol. The molecule has 1 heterocycles. The Morgan fingerprint density at radius 1 is 1.13 bits per heavy atom. The molecule has 0 aromatic heterocycles. The zero-order valence-electron chi connectivity index (χ0n) is 17.0. The van der Waals surface area contributed by atoms with Gasteiger partial charge in [0.15, 0.2) is 11.5 Å². The van der Waals surface area contributed by atoms with E-state index in [0.29, 0.717) is 11.5 Å². The number of nitrogens with one attached hydrogen (secondary N) is 1. The first-order chi connectivity index (χ1) is 14.5. The topological polar surface area (TPSA) is 77.1 Å². The second-order valence-corrected chi connectivity index (χ2v) is 6.48. The lowest BCUT2D eigenvalue weighted by Gasteiger charge is -2.34. The Hall–Kier alpha value is -3.55. The van der Waals surface area contributed by atoms with Crippen molar-refractivity contribution in [3.8, 4) is 11.5 Å². The van der Waals surface area contributed by atoms with E-state index in [-0.39, 0.29) is 30.0 Å². The van der Waals surface area contributed by atoms with E-state index in [0.717, 1.165) is 0 Å². The lowest BCUT2D eigenvalue weighted by atomic mass is 9.94. The summed E-state index contributed by atoms with van der Waals surface area (Å²) in [5, 5.41) is 2.67. The summed E-state index contributed by atoms with van der Waals surface area (Å²) in [6.45, 7) is 1.68. The SMILES string of the molecule is CCOC(=O)C1=C(COc2ccccc2OC)N(C)C(=O)NC1c1ccccc1F. The maximum absolute atomic E-state index is 14.5. The number of amides is 2. The number of likely N-dealkylation sites (N-methyl/N-ethyl adjacent to an activating group) is 1. The second kappa shape index (κ2) is 9.30. The lowest BCUT2D eigenvalue weighted by molar-refractivity contribution is -0.139. The fraction of sp³-hybridized carbons (Fsp3) is 0.273. The van der Waals surface area contributed by atoms with Crippen LogP contribution in [0.25, 0.3) is 0 Å². The van der Waals surface area contributed by atoms with Crippen LogP contribution in [-0.2, 0) is 9.53 Å². The van der Waals surface area contributed by atoms with Gasteiger partial charge in [0, 0.05) is 12.6 Å². The lowest BCUT2D eigenvalue weighted by Crippen LogP contribution is -2.48. The van der Waals surface area contributed by atoms with E-state index in [1.807, 2.05) is 0 Å². The molecule has 2 amide bonds. The molecule has 0 spiro atoms. The van der Waals surface area contributed by atoms with E-state index in [1.54, 1.807) is 37.3 Å². The zero-order chi connectivity index (χ0) is 21.7. The smallest absolute Gasteiger partial charge is 0.338 e. The Morgan fingerprint density at radius 2 is 1.80 bits per heavy atom. The molecule has 30 heavy (non-hydrogen) atoms. The van der Waals surface area contributed by atoms with E-state index in [1.165, 1.54) is 37.3 Å². The fourth-order valence-electron chi connectivity index (χ4n) is 3.21. The molecule has 2 aromatic rings. The monoisotopic (exact) mass is 414 g/mol. The molecule has 2 aromatic carbocycles. The third-order valence-electron chi connectivity index (χ3n) is 4.72. The summed E-state index contributed by atoms with van der Waals surface area (Å²) >= 11 is 0. The fourth-order valence-corrected chi connectivity index (χ4v) is 3.21. The molecule has 0 fully saturated rings. The van der Waals surface area contributed by atoms with Gasteiger partial charge in [-0.05, 0) is 25.1 Å². The summed E-state index contributed by atoms with van der Waals surface area (Å²) in [6.07, 6.45) is 0. The standard InChI is InChI=1S/C22H23FN2O5/c1-4-29-21(26)19-16(13-30-18-12-8-7-11-17(18)28-3)25(2)22(27)24-20(19)14-9-5-6-10-15(14)23/h5-12,20H,4,13H2,1-3H3,(H,24,27). The zero-order valence-corrected chi connectivity index (χ0v) is 17.0. The molecular formula is C22H23FN2O5. The Balaban J connectivity index is 2.06. The van der Waals surface area contributed by atoms with Crippen LogP contribution in [0, 0.1) is 5.82 Å². The van der Waals surface area contributed by atoms with Crippen molar-refractivity contribution in [3.05, 3.63) is 71.2 Å². The van der Waals surface area contributed by atoms with E-state index in [9.17, 15) is 14.0 Å². The van der Waals surface area contributed by atoms with Gasteiger partial charge in [-0.3, -0.25) is 4.90 Å². The molecule has 0 aliphatic carbocycles. The minimum absolute atomic E-state index is 0.110. The van der Waals surface area contributed by atoms with Crippen LogP contribution in [0.4, 0.5) is 9.18 Å². The van der Waals surface area contributed by atoms with Crippen LogP contribution in [0.2, 0.25) is 0 Å². The highest BCUT2D eigenvalue weighted by molar-refractivity contribution is 5.95. The maximum atomic E-state index is 14.5. The molecule has 8 heteroatoms. The first kappa shape index (κ1) is 21.2. The molecule has 0 bridgehead atoms. The minimum atomic E-state index is -1.01. The Kier molecular flexibility index (Phi) is 6.56. The molecule has 7 nitrogen and oxygen atoms in total. The van der Waals surface area contributed by atoms with Crippen molar-refractivity contribution in [3.63, 3.8) is 0 Å². The Morgan fingerprint density at radius 3 is 2.47 bits per heavy atom. The predicted octanol–water partition coefficient (Wildman–Crippen LogP) is 3.43. The molecule has 0 radical (unpaired) electrons. The number of halogens is 1. The highest BCUT2D eigenvalue weighted by Gasteiger charge is 2.38. The Bertz CT molecular complexity index is 976. The van der Waals surface area contributed by atoms with Gasteiger partial charge in [-0.15, -0.1) is 0 Å². The van der Waals surface area contributed by atoms with Gasteiger partial charge in [0.05, 0.1) is 31.0 Å². The molecular weight excluding hydrogens is 391 g/mol. The van der Waals surface area contributed by atoms with Crippen molar-refractivity contribution in [2.75, 3.05) is 27.4 Å².